The molecule has 0 fully saturated rings. The Morgan fingerprint density at radius 3 is 2.53 bits per heavy atom. The Kier molecular flexibility index (Phi) is 4.56. The average Bonchev–Trinajstić information content (AvgIpc) is 3.41. The summed E-state index contributed by atoms with van der Waals surface area (Å²) < 4.78 is 7.44. The molecule has 0 saturated carbocycles. The number of fused-ring (bicyclic) bond motifs is 1. The van der Waals surface area contributed by atoms with E-state index in [0.29, 0.717) is 27.5 Å². The van der Waals surface area contributed by atoms with E-state index < -0.39 is 0 Å². The zero-order chi connectivity index (χ0) is 20.5. The van der Waals surface area contributed by atoms with Crippen molar-refractivity contribution >= 4 is 33.2 Å². The van der Waals surface area contributed by atoms with E-state index in [9.17, 15) is 4.79 Å². The highest BCUT2D eigenvalue weighted by Crippen LogP contribution is 2.22. The van der Waals surface area contributed by atoms with Crippen LogP contribution in [0, 0.1) is 0 Å². The maximum atomic E-state index is 12.2. The van der Waals surface area contributed by atoms with Crippen molar-refractivity contribution in [3.8, 4) is 22.8 Å². The molecule has 1 N–H and O–H groups in total. The number of rotatable bonds is 4. The number of halogens is 1. The highest BCUT2D eigenvalue weighted by molar-refractivity contribution is 9.10. The summed E-state index contributed by atoms with van der Waals surface area (Å²) >= 11 is 3.19. The van der Waals surface area contributed by atoms with Crippen LogP contribution in [0.15, 0.2) is 82.0 Å². The van der Waals surface area contributed by atoms with Crippen LogP contribution in [0.3, 0.4) is 0 Å². The number of pyridine rings is 1. The van der Waals surface area contributed by atoms with Gasteiger partial charge in [0, 0.05) is 17.4 Å². The van der Waals surface area contributed by atoms with Crippen molar-refractivity contribution < 1.29 is 9.21 Å². The molecule has 1 aromatic carbocycles. The van der Waals surface area contributed by atoms with Crippen LogP contribution in [0.4, 0.5) is 5.69 Å². The van der Waals surface area contributed by atoms with Crippen molar-refractivity contribution in [3.05, 3.63) is 83.4 Å². The minimum absolute atomic E-state index is 0.229. The van der Waals surface area contributed by atoms with Crippen LogP contribution >= 0.6 is 15.9 Å². The van der Waals surface area contributed by atoms with Crippen LogP contribution in [0.2, 0.25) is 0 Å². The largest absolute Gasteiger partial charge is 0.444 e. The standard InChI is InChI=1S/C21H13BrN6O2/c22-18-10-9-17(30-18)21(29)24-14-6-4-13(5-7-14)15-8-11-19-25-26-20(28(19)27-15)16-3-1-2-12-23-16/h1-12H,(H,24,29). The summed E-state index contributed by atoms with van der Waals surface area (Å²) in [4.78, 5) is 16.5. The molecule has 30 heavy (non-hydrogen) atoms. The molecular weight excluding hydrogens is 448 g/mol. The second-order valence-electron chi connectivity index (χ2n) is 6.36. The molecule has 9 heteroatoms. The number of carbonyl (C=O) groups excluding carboxylic acids is 1. The normalized spacial score (nSPS) is 11.0. The van der Waals surface area contributed by atoms with E-state index in [1.807, 2.05) is 54.6 Å². The van der Waals surface area contributed by atoms with E-state index in [1.54, 1.807) is 22.8 Å². The molecule has 8 nitrogen and oxygen atoms in total. The lowest BCUT2D eigenvalue weighted by molar-refractivity contribution is 0.0995. The fourth-order valence-electron chi connectivity index (χ4n) is 2.95. The van der Waals surface area contributed by atoms with Crippen molar-refractivity contribution in [3.63, 3.8) is 0 Å². The zero-order valence-corrected chi connectivity index (χ0v) is 16.9. The number of carbonyl (C=O) groups is 1. The lowest BCUT2D eigenvalue weighted by Gasteiger charge is -2.06. The van der Waals surface area contributed by atoms with E-state index in [2.05, 4.69) is 41.5 Å². The van der Waals surface area contributed by atoms with Crippen LogP contribution in [-0.4, -0.2) is 30.7 Å². The Balaban J connectivity index is 1.42. The van der Waals surface area contributed by atoms with Gasteiger partial charge in [-0.15, -0.1) is 10.2 Å². The predicted molar refractivity (Wildman–Crippen MR) is 114 cm³/mol. The van der Waals surface area contributed by atoms with Gasteiger partial charge in [-0.25, -0.2) is 0 Å². The first-order valence-electron chi connectivity index (χ1n) is 8.98. The SMILES string of the molecule is O=C(Nc1ccc(-c2ccc3nnc(-c4ccccn4)n3n2)cc1)c1ccc(Br)o1. The smallest absolute Gasteiger partial charge is 0.291 e. The number of hydrogen-bond acceptors (Lipinski definition) is 6. The molecule has 1 amide bonds. The fourth-order valence-corrected chi connectivity index (χ4v) is 3.26. The molecule has 0 aliphatic carbocycles. The average molecular weight is 461 g/mol. The molecular formula is C21H13BrN6O2. The highest BCUT2D eigenvalue weighted by atomic mass is 79.9. The summed E-state index contributed by atoms with van der Waals surface area (Å²) in [5.74, 6) is 0.478. The van der Waals surface area contributed by atoms with Gasteiger partial charge in [0.05, 0.1) is 5.69 Å². The molecule has 4 heterocycles. The van der Waals surface area contributed by atoms with E-state index in [0.717, 1.165) is 11.3 Å². The molecule has 0 atom stereocenters. The first-order valence-corrected chi connectivity index (χ1v) is 9.78. The van der Waals surface area contributed by atoms with E-state index in [1.165, 1.54) is 0 Å². The Morgan fingerprint density at radius 1 is 0.933 bits per heavy atom. The number of amides is 1. The summed E-state index contributed by atoms with van der Waals surface area (Å²) in [5.41, 5.74) is 3.60. The number of nitrogens with zero attached hydrogens (tertiary/aromatic N) is 5. The third kappa shape index (κ3) is 3.46. The molecule has 0 radical (unpaired) electrons. The lowest BCUT2D eigenvalue weighted by atomic mass is 10.1. The number of aromatic nitrogens is 5. The van der Waals surface area contributed by atoms with Crippen LogP contribution < -0.4 is 5.32 Å². The summed E-state index contributed by atoms with van der Waals surface area (Å²) in [6.07, 6.45) is 1.70. The highest BCUT2D eigenvalue weighted by Gasteiger charge is 2.13. The Morgan fingerprint density at radius 2 is 1.80 bits per heavy atom. The van der Waals surface area contributed by atoms with E-state index >= 15 is 0 Å². The summed E-state index contributed by atoms with van der Waals surface area (Å²) in [6.45, 7) is 0. The van der Waals surface area contributed by atoms with Gasteiger partial charge in [0.15, 0.2) is 16.1 Å². The van der Waals surface area contributed by atoms with Gasteiger partial charge in [0.1, 0.15) is 5.69 Å². The Hall–Kier alpha value is -3.85. The van der Waals surface area contributed by atoms with Gasteiger partial charge < -0.3 is 9.73 Å². The van der Waals surface area contributed by atoms with Crippen LogP contribution in [0.5, 0.6) is 0 Å². The molecule has 0 unspecified atom stereocenters. The first-order chi connectivity index (χ1) is 14.7. The van der Waals surface area contributed by atoms with E-state index in [4.69, 9.17) is 4.42 Å². The molecule has 0 aliphatic rings. The van der Waals surface area contributed by atoms with Gasteiger partial charge in [0.25, 0.3) is 5.91 Å². The molecule has 0 spiro atoms. The van der Waals surface area contributed by atoms with Crippen molar-refractivity contribution in [1.82, 2.24) is 24.8 Å². The molecule has 146 valence electrons. The molecule has 5 aromatic rings. The van der Waals surface area contributed by atoms with Gasteiger partial charge in [-0.2, -0.15) is 9.61 Å². The number of anilines is 1. The third-order valence-corrected chi connectivity index (χ3v) is 4.82. The topological polar surface area (TPSA) is 98.2 Å². The summed E-state index contributed by atoms with van der Waals surface area (Å²) in [5, 5.41) is 15.8. The number of hydrogen-bond donors (Lipinski definition) is 1. The second-order valence-corrected chi connectivity index (χ2v) is 7.14. The van der Waals surface area contributed by atoms with Gasteiger partial charge in [-0.3, -0.25) is 9.78 Å². The first kappa shape index (κ1) is 18.2. The lowest BCUT2D eigenvalue weighted by Crippen LogP contribution is -2.10. The zero-order valence-electron chi connectivity index (χ0n) is 15.4. The van der Waals surface area contributed by atoms with Crippen molar-refractivity contribution in [2.75, 3.05) is 5.32 Å². The number of furan rings is 1. The van der Waals surface area contributed by atoms with Crippen molar-refractivity contribution in [2.24, 2.45) is 0 Å². The minimum atomic E-state index is -0.322. The maximum Gasteiger partial charge on any atom is 0.291 e. The fraction of sp³-hybridized carbons (Fsp3) is 0. The summed E-state index contributed by atoms with van der Waals surface area (Å²) in [6, 6.07) is 20.0. The van der Waals surface area contributed by atoms with Gasteiger partial charge in [-0.1, -0.05) is 18.2 Å². The third-order valence-electron chi connectivity index (χ3n) is 4.39. The molecule has 0 bridgehead atoms. The van der Waals surface area contributed by atoms with Crippen molar-refractivity contribution in [1.29, 1.82) is 0 Å². The van der Waals surface area contributed by atoms with Crippen LogP contribution in [0.1, 0.15) is 10.6 Å². The molecule has 0 aliphatic heterocycles. The minimum Gasteiger partial charge on any atom is -0.444 e. The molecule has 0 saturated heterocycles. The van der Waals surface area contributed by atoms with Crippen molar-refractivity contribution in [2.45, 2.75) is 0 Å². The second kappa shape index (κ2) is 7.53. The Labute approximate surface area is 178 Å². The van der Waals surface area contributed by atoms with Crippen LogP contribution in [0.25, 0.3) is 28.4 Å². The van der Waals surface area contributed by atoms with E-state index in [-0.39, 0.29) is 11.7 Å². The summed E-state index contributed by atoms with van der Waals surface area (Å²) in [7, 11) is 0. The number of nitrogens with one attached hydrogen (secondary N) is 1. The number of benzene rings is 1. The monoisotopic (exact) mass is 460 g/mol. The predicted octanol–water partition coefficient (Wildman–Crippen LogP) is 4.46. The van der Waals surface area contributed by atoms with Gasteiger partial charge in [-0.05, 0) is 64.5 Å². The molecule has 4 aromatic heterocycles. The maximum absolute atomic E-state index is 12.2. The van der Waals surface area contributed by atoms with Gasteiger partial charge >= 0.3 is 0 Å². The quantitative estimate of drug-likeness (QED) is 0.425. The van der Waals surface area contributed by atoms with Crippen LogP contribution in [-0.2, 0) is 0 Å². The Bertz CT molecular complexity index is 1350. The molecule has 5 rings (SSSR count). The van der Waals surface area contributed by atoms with Gasteiger partial charge in [0.2, 0.25) is 5.82 Å².